The molecule has 0 saturated carbocycles. The number of benzene rings is 2. The predicted molar refractivity (Wildman–Crippen MR) is 117 cm³/mol. The molecule has 0 radical (unpaired) electrons. The fourth-order valence-electron chi connectivity index (χ4n) is 2.77. The van der Waals surface area contributed by atoms with E-state index in [0.29, 0.717) is 0 Å². The van der Waals surface area contributed by atoms with Crippen LogP contribution in [0, 0.1) is 5.82 Å². The van der Waals surface area contributed by atoms with Gasteiger partial charge in [0.25, 0.3) is 10.0 Å². The first kappa shape index (κ1) is 22.2. The molecule has 0 bridgehead atoms. The van der Waals surface area contributed by atoms with E-state index in [4.69, 9.17) is 5.73 Å². The Hall–Kier alpha value is -3.44. The highest BCUT2D eigenvalue weighted by Gasteiger charge is 2.20. The highest BCUT2D eigenvalue weighted by molar-refractivity contribution is 7.92. The summed E-state index contributed by atoms with van der Waals surface area (Å²) in [5, 5.41) is 6.98. The summed E-state index contributed by atoms with van der Waals surface area (Å²) >= 11 is 1.36. The second kappa shape index (κ2) is 9.58. The van der Waals surface area contributed by atoms with E-state index in [1.165, 1.54) is 23.5 Å². The van der Waals surface area contributed by atoms with Crippen molar-refractivity contribution in [3.8, 4) is 0 Å². The number of hydrogen-bond acceptors (Lipinski definition) is 5. The van der Waals surface area contributed by atoms with Crippen molar-refractivity contribution in [2.75, 3.05) is 10.0 Å². The molecule has 1 atom stereocenters. The summed E-state index contributed by atoms with van der Waals surface area (Å²) in [6.07, 6.45) is -0.109. The van der Waals surface area contributed by atoms with Crippen molar-refractivity contribution in [3.05, 3.63) is 76.7 Å². The zero-order chi connectivity index (χ0) is 22.4. The van der Waals surface area contributed by atoms with Crippen LogP contribution >= 0.6 is 11.3 Å². The maximum Gasteiger partial charge on any atom is 0.312 e. The Morgan fingerprint density at radius 1 is 1.00 bits per heavy atom. The van der Waals surface area contributed by atoms with E-state index in [0.717, 1.165) is 29.1 Å². The third kappa shape index (κ3) is 6.03. The summed E-state index contributed by atoms with van der Waals surface area (Å²) in [5.74, 6) is -1.02. The maximum absolute atomic E-state index is 13.1. The number of thiophene rings is 1. The Labute approximate surface area is 182 Å². The first-order valence-corrected chi connectivity index (χ1v) is 11.4. The number of halogens is 1. The molecule has 5 N–H and O–H groups in total. The summed E-state index contributed by atoms with van der Waals surface area (Å²) in [7, 11) is -4.00. The van der Waals surface area contributed by atoms with Crippen LogP contribution in [-0.2, 0) is 14.8 Å². The minimum Gasteiger partial charge on any atom is -0.352 e. The van der Waals surface area contributed by atoms with Crippen LogP contribution in [0.2, 0.25) is 0 Å². The highest BCUT2D eigenvalue weighted by atomic mass is 32.2. The normalized spacial score (nSPS) is 12.0. The lowest BCUT2D eigenvalue weighted by Gasteiger charge is -2.17. The molecule has 0 aliphatic heterocycles. The molecule has 0 spiro atoms. The van der Waals surface area contributed by atoms with Gasteiger partial charge in [0.05, 0.1) is 28.7 Å². The topological polar surface area (TPSA) is 130 Å². The largest absolute Gasteiger partial charge is 0.352 e. The van der Waals surface area contributed by atoms with Crippen LogP contribution in [-0.4, -0.2) is 20.4 Å². The van der Waals surface area contributed by atoms with Crippen LogP contribution in [0.15, 0.2) is 70.9 Å². The number of sulfonamides is 1. The van der Waals surface area contributed by atoms with E-state index in [2.05, 4.69) is 15.4 Å². The molecule has 162 valence electrons. The number of urea groups is 1. The maximum atomic E-state index is 13.1. The van der Waals surface area contributed by atoms with E-state index in [9.17, 15) is 22.4 Å². The molecule has 2 aromatic carbocycles. The average Bonchev–Trinajstić information content (AvgIpc) is 3.24. The smallest absolute Gasteiger partial charge is 0.312 e. The lowest BCUT2D eigenvalue weighted by Crippen LogP contribution is -2.35. The molecule has 1 unspecified atom stereocenters. The molecule has 8 nitrogen and oxygen atoms in total. The number of carbonyl (C=O) groups is 2. The minimum atomic E-state index is -4.00. The van der Waals surface area contributed by atoms with E-state index in [1.54, 1.807) is 24.3 Å². The number of hydrogen-bond donors (Lipinski definition) is 4. The van der Waals surface area contributed by atoms with Crippen molar-refractivity contribution >= 4 is 44.7 Å². The molecule has 3 rings (SSSR count). The highest BCUT2D eigenvalue weighted by Crippen LogP contribution is 2.27. The Balaban J connectivity index is 1.76. The van der Waals surface area contributed by atoms with Crippen LogP contribution in [0.4, 0.5) is 20.6 Å². The van der Waals surface area contributed by atoms with Crippen molar-refractivity contribution in [1.29, 1.82) is 0 Å². The quantitative estimate of drug-likeness (QED) is 0.408. The van der Waals surface area contributed by atoms with Crippen LogP contribution in [0.5, 0.6) is 0 Å². The molecule has 11 heteroatoms. The first-order valence-electron chi connectivity index (χ1n) is 9.01. The van der Waals surface area contributed by atoms with Crippen molar-refractivity contribution < 1.29 is 22.4 Å². The molecule has 0 aliphatic rings. The van der Waals surface area contributed by atoms with Crippen LogP contribution in [0.25, 0.3) is 0 Å². The van der Waals surface area contributed by atoms with Gasteiger partial charge in [-0.1, -0.05) is 18.2 Å². The van der Waals surface area contributed by atoms with Crippen molar-refractivity contribution in [2.45, 2.75) is 17.4 Å². The lowest BCUT2D eigenvalue weighted by atomic mass is 10.1. The van der Waals surface area contributed by atoms with Gasteiger partial charge in [0, 0.05) is 4.88 Å². The number of amides is 3. The third-order valence-corrected chi connectivity index (χ3v) is 6.53. The Bertz CT molecular complexity index is 1170. The lowest BCUT2D eigenvalue weighted by molar-refractivity contribution is -0.116. The Morgan fingerprint density at radius 3 is 2.29 bits per heavy atom. The van der Waals surface area contributed by atoms with Crippen LogP contribution < -0.4 is 21.1 Å². The summed E-state index contributed by atoms with van der Waals surface area (Å²) in [5.41, 5.74) is 5.57. The zero-order valence-corrected chi connectivity index (χ0v) is 17.7. The molecule has 3 amide bonds. The summed E-state index contributed by atoms with van der Waals surface area (Å²) in [6, 6.07) is 12.8. The number of para-hydroxylation sites is 2. The number of rotatable bonds is 8. The van der Waals surface area contributed by atoms with Crippen molar-refractivity contribution in [3.63, 3.8) is 0 Å². The van der Waals surface area contributed by atoms with Gasteiger partial charge in [-0.05, 0) is 47.8 Å². The third-order valence-electron chi connectivity index (χ3n) is 4.16. The molecule has 3 aromatic rings. The van der Waals surface area contributed by atoms with Crippen molar-refractivity contribution in [1.82, 2.24) is 5.32 Å². The van der Waals surface area contributed by atoms with Gasteiger partial charge in [0.1, 0.15) is 5.82 Å². The zero-order valence-electron chi connectivity index (χ0n) is 16.0. The Morgan fingerprint density at radius 2 is 1.68 bits per heavy atom. The van der Waals surface area contributed by atoms with Crippen LogP contribution in [0.3, 0.4) is 0 Å². The summed E-state index contributed by atoms with van der Waals surface area (Å²) in [6.45, 7) is 0. The first-order chi connectivity index (χ1) is 14.7. The number of primary amides is 1. The summed E-state index contributed by atoms with van der Waals surface area (Å²) in [4.78, 5) is 24.5. The molecule has 1 heterocycles. The molecule has 0 saturated heterocycles. The molecular formula is C20H19FN4O4S2. The van der Waals surface area contributed by atoms with Gasteiger partial charge in [0.15, 0.2) is 0 Å². The van der Waals surface area contributed by atoms with Gasteiger partial charge in [-0.25, -0.2) is 17.6 Å². The molecule has 0 fully saturated rings. The van der Waals surface area contributed by atoms with E-state index >= 15 is 0 Å². The number of carbonyl (C=O) groups excluding carboxylic acids is 2. The molecule has 1 aromatic heterocycles. The summed E-state index contributed by atoms with van der Waals surface area (Å²) < 4.78 is 40.7. The number of nitrogens with one attached hydrogen (secondary N) is 3. The number of nitrogens with two attached hydrogens (primary N) is 1. The predicted octanol–water partition coefficient (Wildman–Crippen LogP) is 3.43. The van der Waals surface area contributed by atoms with Gasteiger partial charge in [0.2, 0.25) is 5.91 Å². The van der Waals surface area contributed by atoms with E-state index in [-0.39, 0.29) is 22.7 Å². The number of anilines is 2. The Kier molecular flexibility index (Phi) is 6.88. The SMILES string of the molecule is NC(=O)NC(CC(=O)Nc1ccccc1NS(=O)(=O)c1ccc(F)cc1)c1cccs1. The van der Waals surface area contributed by atoms with Gasteiger partial charge in [-0.15, -0.1) is 11.3 Å². The second-order valence-corrected chi connectivity index (χ2v) is 9.10. The van der Waals surface area contributed by atoms with Gasteiger partial charge in [-0.3, -0.25) is 9.52 Å². The fourth-order valence-corrected chi connectivity index (χ4v) is 4.63. The molecule has 31 heavy (non-hydrogen) atoms. The standard InChI is InChI=1S/C20H19FN4O4S2/c21-13-7-9-14(10-8-13)31(28,29)25-16-5-2-1-4-15(16)23-19(26)12-17(24-20(22)27)18-6-3-11-30-18/h1-11,17,25H,12H2,(H,23,26)(H3,22,24,27). The van der Waals surface area contributed by atoms with Crippen LogP contribution in [0.1, 0.15) is 17.3 Å². The van der Waals surface area contributed by atoms with Gasteiger partial charge < -0.3 is 16.4 Å². The van der Waals surface area contributed by atoms with E-state index in [1.807, 2.05) is 5.38 Å². The average molecular weight is 463 g/mol. The fraction of sp³-hybridized carbons (Fsp3) is 0.100. The van der Waals surface area contributed by atoms with Crippen molar-refractivity contribution in [2.24, 2.45) is 5.73 Å². The monoisotopic (exact) mass is 462 g/mol. The van der Waals surface area contributed by atoms with E-state index < -0.39 is 33.8 Å². The minimum absolute atomic E-state index is 0.109. The second-order valence-electron chi connectivity index (χ2n) is 6.43. The van der Waals surface area contributed by atoms with Gasteiger partial charge >= 0.3 is 6.03 Å². The molecular weight excluding hydrogens is 443 g/mol. The van der Waals surface area contributed by atoms with Gasteiger partial charge in [-0.2, -0.15) is 0 Å². The molecule has 0 aliphatic carbocycles.